The van der Waals surface area contributed by atoms with Crippen molar-refractivity contribution in [2.75, 3.05) is 11.5 Å². The Balaban J connectivity index is 1.50. The Labute approximate surface area is 256 Å². The molecule has 3 aromatic carbocycles. The van der Waals surface area contributed by atoms with Crippen LogP contribution in [-0.4, -0.2) is 11.5 Å². The third-order valence-corrected chi connectivity index (χ3v) is 10.9. The monoisotopic (exact) mass is 578 g/mol. The highest BCUT2D eigenvalue weighted by Gasteiger charge is 2.15. The lowest BCUT2D eigenvalue weighted by atomic mass is 10.0. The summed E-state index contributed by atoms with van der Waals surface area (Å²) >= 11 is 4.26. The molecule has 0 saturated carbocycles. The second-order valence-electron chi connectivity index (χ2n) is 11.8. The molecule has 0 aliphatic heterocycles. The highest BCUT2D eigenvalue weighted by molar-refractivity contribution is 8.02. The van der Waals surface area contributed by atoms with Gasteiger partial charge >= 0.3 is 0 Å². The van der Waals surface area contributed by atoms with E-state index in [4.69, 9.17) is 0 Å². The predicted octanol–water partition coefficient (Wildman–Crippen LogP) is 14.0. The summed E-state index contributed by atoms with van der Waals surface area (Å²) in [6.07, 6.45) is 28.2. The summed E-state index contributed by atoms with van der Waals surface area (Å²) in [5.41, 5.74) is 0. The van der Waals surface area contributed by atoms with Crippen molar-refractivity contribution in [2.45, 2.75) is 152 Å². The van der Waals surface area contributed by atoms with Crippen molar-refractivity contribution in [1.82, 2.24) is 0 Å². The Hall–Kier alpha value is -1.12. The van der Waals surface area contributed by atoms with E-state index in [9.17, 15) is 0 Å². The van der Waals surface area contributed by atoms with E-state index < -0.39 is 0 Å². The van der Waals surface area contributed by atoms with Crippen molar-refractivity contribution in [2.24, 2.45) is 0 Å². The summed E-state index contributed by atoms with van der Waals surface area (Å²) in [6.45, 7) is 4.61. The third-order valence-electron chi connectivity index (χ3n) is 8.33. The second-order valence-corrected chi connectivity index (χ2v) is 14.0. The SMILES string of the molecule is CCCCCCCCCCCCSc1c(SCCCCCCCCCCCC)c2ccccc2c2ccccc12. The first-order valence-electron chi connectivity index (χ1n) is 17.1. The van der Waals surface area contributed by atoms with Crippen LogP contribution in [0.2, 0.25) is 0 Å². The Morgan fingerprint density at radius 3 is 0.950 bits per heavy atom. The van der Waals surface area contributed by atoms with Gasteiger partial charge in [-0.25, -0.2) is 0 Å². The minimum atomic E-state index is 1.24. The van der Waals surface area contributed by atoms with Crippen LogP contribution in [0.5, 0.6) is 0 Å². The van der Waals surface area contributed by atoms with Crippen LogP contribution in [0.4, 0.5) is 0 Å². The van der Waals surface area contributed by atoms with Gasteiger partial charge < -0.3 is 0 Å². The van der Waals surface area contributed by atoms with E-state index >= 15 is 0 Å². The molecule has 0 amide bonds. The Kier molecular flexibility index (Phi) is 18.0. The predicted molar refractivity (Wildman–Crippen MR) is 187 cm³/mol. The first-order valence-corrected chi connectivity index (χ1v) is 19.0. The molecule has 0 bridgehead atoms. The quantitative estimate of drug-likeness (QED) is 0.0589. The zero-order valence-electron chi connectivity index (χ0n) is 26.0. The van der Waals surface area contributed by atoms with Crippen molar-refractivity contribution < 1.29 is 0 Å². The van der Waals surface area contributed by atoms with Crippen molar-refractivity contribution in [3.63, 3.8) is 0 Å². The van der Waals surface area contributed by atoms with Gasteiger partial charge in [0.15, 0.2) is 0 Å². The van der Waals surface area contributed by atoms with E-state index in [1.54, 1.807) is 9.79 Å². The van der Waals surface area contributed by atoms with E-state index in [0.717, 1.165) is 0 Å². The number of thioether (sulfide) groups is 2. The lowest BCUT2D eigenvalue weighted by Crippen LogP contribution is -1.91. The normalized spacial score (nSPS) is 11.7. The average Bonchev–Trinajstić information content (AvgIpc) is 2.99. The van der Waals surface area contributed by atoms with Gasteiger partial charge in [-0.1, -0.05) is 178 Å². The molecule has 0 heterocycles. The summed E-state index contributed by atoms with van der Waals surface area (Å²) in [6, 6.07) is 18.3. The molecule has 222 valence electrons. The summed E-state index contributed by atoms with van der Waals surface area (Å²) in [5, 5.41) is 5.77. The largest absolute Gasteiger partial charge is 0.124 e. The molecule has 3 aromatic rings. The van der Waals surface area contributed by atoms with Gasteiger partial charge in [-0.15, -0.1) is 23.5 Å². The maximum atomic E-state index is 2.37. The summed E-state index contributed by atoms with van der Waals surface area (Å²) in [7, 11) is 0. The van der Waals surface area contributed by atoms with Gasteiger partial charge in [0.25, 0.3) is 0 Å². The minimum Gasteiger partial charge on any atom is -0.124 e. The zero-order valence-corrected chi connectivity index (χ0v) is 27.6. The van der Waals surface area contributed by atoms with Gasteiger partial charge in [-0.3, -0.25) is 0 Å². The van der Waals surface area contributed by atoms with Gasteiger partial charge in [0, 0.05) is 9.79 Å². The minimum absolute atomic E-state index is 1.24. The number of fused-ring (bicyclic) bond motifs is 3. The molecular formula is C38H58S2. The molecule has 0 nitrogen and oxygen atoms in total. The Bertz CT molecular complexity index is 971. The molecule has 0 aliphatic carbocycles. The first kappa shape index (κ1) is 33.4. The standard InChI is InChI=1S/C38H58S2/c1-3-5-7-9-11-13-15-17-19-25-31-39-37-35-29-23-21-27-33(35)34-28-22-24-30-36(34)38(37)40-32-26-20-18-16-14-12-10-8-6-4-2/h21-24,27-30H,3-20,25-26,31-32H2,1-2H3. The van der Waals surface area contributed by atoms with Gasteiger partial charge in [0.05, 0.1) is 0 Å². The van der Waals surface area contributed by atoms with Crippen LogP contribution in [0.1, 0.15) is 142 Å². The number of hydrogen-bond acceptors (Lipinski definition) is 2. The molecule has 0 N–H and O–H groups in total. The van der Waals surface area contributed by atoms with Crippen LogP contribution in [-0.2, 0) is 0 Å². The number of unbranched alkanes of at least 4 members (excludes halogenated alkanes) is 18. The van der Waals surface area contributed by atoms with E-state index in [0.29, 0.717) is 0 Å². The molecule has 0 spiro atoms. The van der Waals surface area contributed by atoms with Crippen molar-refractivity contribution >= 4 is 45.1 Å². The van der Waals surface area contributed by atoms with Gasteiger partial charge in [0.2, 0.25) is 0 Å². The van der Waals surface area contributed by atoms with Crippen LogP contribution in [0.25, 0.3) is 21.5 Å². The molecule has 0 atom stereocenters. The van der Waals surface area contributed by atoms with Crippen molar-refractivity contribution in [1.29, 1.82) is 0 Å². The fourth-order valence-electron chi connectivity index (χ4n) is 5.89. The van der Waals surface area contributed by atoms with E-state index in [1.165, 1.54) is 161 Å². The Morgan fingerprint density at radius 2 is 0.625 bits per heavy atom. The van der Waals surface area contributed by atoms with Crippen LogP contribution < -0.4 is 0 Å². The fourth-order valence-corrected chi connectivity index (χ4v) is 8.50. The lowest BCUT2D eigenvalue weighted by Gasteiger charge is -2.17. The van der Waals surface area contributed by atoms with Gasteiger partial charge in [-0.2, -0.15) is 0 Å². The molecule has 0 fully saturated rings. The number of benzene rings is 3. The molecule has 40 heavy (non-hydrogen) atoms. The highest BCUT2D eigenvalue weighted by atomic mass is 32.2. The molecule has 0 aromatic heterocycles. The molecule has 0 saturated heterocycles. The average molecular weight is 579 g/mol. The molecule has 3 rings (SSSR count). The van der Waals surface area contributed by atoms with Gasteiger partial charge in [-0.05, 0) is 45.9 Å². The molecule has 2 heteroatoms. The van der Waals surface area contributed by atoms with Crippen LogP contribution >= 0.6 is 23.5 Å². The molecule has 0 aliphatic rings. The second kappa shape index (κ2) is 21.6. The lowest BCUT2D eigenvalue weighted by molar-refractivity contribution is 0.563. The molecular weight excluding hydrogens is 521 g/mol. The fraction of sp³-hybridized carbons (Fsp3) is 0.632. The smallest absolute Gasteiger partial charge is 0.0293 e. The molecule has 0 radical (unpaired) electrons. The van der Waals surface area contributed by atoms with Gasteiger partial charge in [0.1, 0.15) is 0 Å². The topological polar surface area (TPSA) is 0 Å². The number of rotatable bonds is 24. The summed E-state index contributed by atoms with van der Waals surface area (Å²) in [5.74, 6) is 2.48. The van der Waals surface area contributed by atoms with Crippen molar-refractivity contribution in [3.8, 4) is 0 Å². The van der Waals surface area contributed by atoms with Crippen LogP contribution in [0, 0.1) is 0 Å². The maximum absolute atomic E-state index is 2.37. The van der Waals surface area contributed by atoms with E-state index in [-0.39, 0.29) is 0 Å². The molecule has 0 unspecified atom stereocenters. The Morgan fingerprint density at radius 1 is 0.350 bits per heavy atom. The van der Waals surface area contributed by atoms with Crippen LogP contribution in [0.15, 0.2) is 58.3 Å². The first-order chi connectivity index (χ1) is 19.9. The summed E-state index contributed by atoms with van der Waals surface area (Å²) in [4.78, 5) is 3.09. The van der Waals surface area contributed by atoms with E-state index in [2.05, 4.69) is 85.9 Å². The van der Waals surface area contributed by atoms with Crippen molar-refractivity contribution in [3.05, 3.63) is 48.5 Å². The third kappa shape index (κ3) is 12.0. The maximum Gasteiger partial charge on any atom is 0.0293 e. The number of hydrogen-bond donors (Lipinski definition) is 0. The van der Waals surface area contributed by atoms with Crippen LogP contribution in [0.3, 0.4) is 0 Å². The highest BCUT2D eigenvalue weighted by Crippen LogP contribution is 2.44. The van der Waals surface area contributed by atoms with E-state index in [1.807, 2.05) is 0 Å². The zero-order chi connectivity index (χ0) is 28.1. The summed E-state index contributed by atoms with van der Waals surface area (Å²) < 4.78 is 0.